The second-order valence-corrected chi connectivity index (χ2v) is 5.48. The Morgan fingerprint density at radius 1 is 1.35 bits per heavy atom. The molecular weight excluding hydrogens is 232 g/mol. The SMILES string of the molecule is O=C1CCCCCN1CCNCc1cccs1. The maximum absolute atomic E-state index is 11.7. The number of carbonyl (C=O) groups excluding carboxylic acids is 1. The van der Waals surface area contributed by atoms with Gasteiger partial charge in [-0.05, 0) is 24.3 Å². The van der Waals surface area contributed by atoms with E-state index < -0.39 is 0 Å². The topological polar surface area (TPSA) is 32.3 Å². The lowest BCUT2D eigenvalue weighted by atomic mass is 10.2. The fraction of sp³-hybridized carbons (Fsp3) is 0.615. The second kappa shape index (κ2) is 6.77. The summed E-state index contributed by atoms with van der Waals surface area (Å²) in [6, 6.07) is 4.20. The van der Waals surface area contributed by atoms with Gasteiger partial charge in [0.2, 0.25) is 5.91 Å². The Kier molecular flexibility index (Phi) is 5.01. The van der Waals surface area contributed by atoms with Gasteiger partial charge in [0.1, 0.15) is 0 Å². The summed E-state index contributed by atoms with van der Waals surface area (Å²) in [6.45, 7) is 3.60. The van der Waals surface area contributed by atoms with Crippen molar-refractivity contribution < 1.29 is 4.79 Å². The molecule has 0 radical (unpaired) electrons. The molecule has 0 unspecified atom stereocenters. The van der Waals surface area contributed by atoms with Gasteiger partial charge in [0.15, 0.2) is 0 Å². The number of hydrogen-bond acceptors (Lipinski definition) is 3. The highest BCUT2D eigenvalue weighted by atomic mass is 32.1. The zero-order chi connectivity index (χ0) is 11.9. The van der Waals surface area contributed by atoms with Crippen molar-refractivity contribution in [2.45, 2.75) is 32.2 Å². The number of thiophene rings is 1. The third-order valence-electron chi connectivity index (χ3n) is 3.11. The number of hydrogen-bond donors (Lipinski definition) is 1. The number of likely N-dealkylation sites (tertiary alicyclic amines) is 1. The number of nitrogens with zero attached hydrogens (tertiary/aromatic N) is 1. The standard InChI is InChI=1S/C13H20N2OS/c16-13-6-2-1-3-8-15(13)9-7-14-11-12-5-4-10-17-12/h4-5,10,14H,1-3,6-9,11H2. The number of carbonyl (C=O) groups is 1. The summed E-state index contributed by atoms with van der Waals surface area (Å²) in [7, 11) is 0. The summed E-state index contributed by atoms with van der Waals surface area (Å²) in [5, 5.41) is 5.49. The molecule has 1 N–H and O–H groups in total. The Labute approximate surface area is 107 Å². The molecule has 1 fully saturated rings. The summed E-state index contributed by atoms with van der Waals surface area (Å²) < 4.78 is 0. The van der Waals surface area contributed by atoms with Crippen LogP contribution in [-0.4, -0.2) is 30.4 Å². The molecule has 94 valence electrons. The molecule has 1 amide bonds. The molecule has 0 bridgehead atoms. The minimum absolute atomic E-state index is 0.334. The molecule has 0 spiro atoms. The highest BCUT2D eigenvalue weighted by Gasteiger charge is 2.15. The minimum atomic E-state index is 0.334. The van der Waals surface area contributed by atoms with Crippen molar-refractivity contribution in [1.29, 1.82) is 0 Å². The van der Waals surface area contributed by atoms with Gasteiger partial charge in [-0.1, -0.05) is 12.5 Å². The van der Waals surface area contributed by atoms with Crippen molar-refractivity contribution in [2.75, 3.05) is 19.6 Å². The molecule has 1 aliphatic rings. The highest BCUT2D eigenvalue weighted by Crippen LogP contribution is 2.10. The van der Waals surface area contributed by atoms with Crippen LogP contribution in [0.2, 0.25) is 0 Å². The van der Waals surface area contributed by atoms with Crippen molar-refractivity contribution in [3.8, 4) is 0 Å². The van der Waals surface area contributed by atoms with Crippen molar-refractivity contribution >= 4 is 17.2 Å². The van der Waals surface area contributed by atoms with Crippen LogP contribution in [0.3, 0.4) is 0 Å². The molecule has 2 heterocycles. The van der Waals surface area contributed by atoms with E-state index in [4.69, 9.17) is 0 Å². The van der Waals surface area contributed by atoms with E-state index in [1.165, 1.54) is 11.3 Å². The van der Waals surface area contributed by atoms with Crippen LogP contribution in [0.5, 0.6) is 0 Å². The van der Waals surface area contributed by atoms with Crippen LogP contribution in [0, 0.1) is 0 Å². The van der Waals surface area contributed by atoms with Gasteiger partial charge < -0.3 is 10.2 Å². The van der Waals surface area contributed by atoms with Crippen LogP contribution >= 0.6 is 11.3 Å². The smallest absolute Gasteiger partial charge is 0.222 e. The van der Waals surface area contributed by atoms with Gasteiger partial charge in [0.25, 0.3) is 0 Å². The fourth-order valence-electron chi connectivity index (χ4n) is 2.11. The quantitative estimate of drug-likeness (QED) is 0.815. The predicted molar refractivity (Wildman–Crippen MR) is 71.1 cm³/mol. The van der Waals surface area contributed by atoms with E-state index >= 15 is 0 Å². The van der Waals surface area contributed by atoms with Crippen LogP contribution in [-0.2, 0) is 11.3 Å². The first kappa shape index (κ1) is 12.6. The van der Waals surface area contributed by atoms with Gasteiger partial charge in [-0.25, -0.2) is 0 Å². The summed E-state index contributed by atoms with van der Waals surface area (Å²) in [5.74, 6) is 0.334. The molecule has 0 aliphatic carbocycles. The molecule has 1 aliphatic heterocycles. The first-order valence-electron chi connectivity index (χ1n) is 6.37. The molecular formula is C13H20N2OS. The van der Waals surface area contributed by atoms with Crippen LogP contribution < -0.4 is 5.32 Å². The average molecular weight is 252 g/mol. The number of amides is 1. The lowest BCUT2D eigenvalue weighted by Crippen LogP contribution is -2.36. The van der Waals surface area contributed by atoms with E-state index in [2.05, 4.69) is 22.8 Å². The van der Waals surface area contributed by atoms with Crippen molar-refractivity contribution in [3.63, 3.8) is 0 Å². The van der Waals surface area contributed by atoms with Crippen molar-refractivity contribution in [1.82, 2.24) is 10.2 Å². The molecule has 0 saturated carbocycles. The van der Waals surface area contributed by atoms with Crippen LogP contribution in [0.1, 0.15) is 30.6 Å². The Balaban J connectivity index is 1.65. The number of rotatable bonds is 5. The zero-order valence-corrected chi connectivity index (χ0v) is 11.0. The van der Waals surface area contributed by atoms with Gasteiger partial charge in [-0.15, -0.1) is 11.3 Å². The molecule has 0 atom stereocenters. The average Bonchev–Trinajstić information content (AvgIpc) is 2.76. The molecule has 2 rings (SSSR count). The lowest BCUT2D eigenvalue weighted by molar-refractivity contribution is -0.130. The van der Waals surface area contributed by atoms with Crippen LogP contribution in [0.4, 0.5) is 0 Å². The predicted octanol–water partition coefficient (Wildman–Crippen LogP) is 2.24. The van der Waals surface area contributed by atoms with E-state index in [1.807, 2.05) is 4.90 Å². The van der Waals surface area contributed by atoms with Gasteiger partial charge in [-0.2, -0.15) is 0 Å². The first-order valence-corrected chi connectivity index (χ1v) is 7.25. The Bertz CT molecular complexity index is 337. The molecule has 1 aromatic rings. The molecule has 0 aromatic carbocycles. The summed E-state index contributed by atoms with van der Waals surface area (Å²) >= 11 is 1.77. The minimum Gasteiger partial charge on any atom is -0.341 e. The Morgan fingerprint density at radius 3 is 3.12 bits per heavy atom. The Hall–Kier alpha value is -0.870. The summed E-state index contributed by atoms with van der Waals surface area (Å²) in [6.07, 6.45) is 4.17. The molecule has 4 heteroatoms. The third kappa shape index (κ3) is 4.13. The molecule has 3 nitrogen and oxygen atoms in total. The first-order chi connectivity index (χ1) is 8.36. The Morgan fingerprint density at radius 2 is 2.29 bits per heavy atom. The van der Waals surface area contributed by atoms with Gasteiger partial charge in [0.05, 0.1) is 0 Å². The normalized spacial score (nSPS) is 17.2. The van der Waals surface area contributed by atoms with Gasteiger partial charge in [-0.3, -0.25) is 4.79 Å². The second-order valence-electron chi connectivity index (χ2n) is 4.45. The lowest BCUT2D eigenvalue weighted by Gasteiger charge is -2.20. The summed E-state index contributed by atoms with van der Waals surface area (Å²) in [5.41, 5.74) is 0. The van der Waals surface area contributed by atoms with E-state index in [1.54, 1.807) is 11.3 Å². The summed E-state index contributed by atoms with van der Waals surface area (Å²) in [4.78, 5) is 15.1. The molecule has 1 aromatic heterocycles. The largest absolute Gasteiger partial charge is 0.341 e. The fourth-order valence-corrected chi connectivity index (χ4v) is 2.79. The highest BCUT2D eigenvalue weighted by molar-refractivity contribution is 7.09. The van der Waals surface area contributed by atoms with Crippen LogP contribution in [0.25, 0.3) is 0 Å². The molecule has 17 heavy (non-hydrogen) atoms. The number of nitrogens with one attached hydrogen (secondary N) is 1. The van der Waals surface area contributed by atoms with Crippen LogP contribution in [0.15, 0.2) is 17.5 Å². The maximum atomic E-state index is 11.7. The van der Waals surface area contributed by atoms with Crippen molar-refractivity contribution in [3.05, 3.63) is 22.4 Å². The zero-order valence-electron chi connectivity index (χ0n) is 10.2. The van der Waals surface area contributed by atoms with E-state index in [-0.39, 0.29) is 0 Å². The third-order valence-corrected chi connectivity index (χ3v) is 3.99. The van der Waals surface area contributed by atoms with E-state index in [0.717, 1.165) is 45.4 Å². The van der Waals surface area contributed by atoms with Gasteiger partial charge >= 0.3 is 0 Å². The van der Waals surface area contributed by atoms with E-state index in [9.17, 15) is 4.79 Å². The van der Waals surface area contributed by atoms with Crippen molar-refractivity contribution in [2.24, 2.45) is 0 Å². The van der Waals surface area contributed by atoms with Gasteiger partial charge in [0, 0.05) is 37.5 Å². The molecule has 1 saturated heterocycles. The van der Waals surface area contributed by atoms with E-state index in [0.29, 0.717) is 5.91 Å². The monoisotopic (exact) mass is 252 g/mol. The maximum Gasteiger partial charge on any atom is 0.222 e.